The number of aromatic amines is 1. The fourth-order valence-electron chi connectivity index (χ4n) is 0.582. The molecule has 0 unspecified atom stereocenters. The van der Waals surface area contributed by atoms with Gasteiger partial charge in [0.1, 0.15) is 5.69 Å². The summed E-state index contributed by atoms with van der Waals surface area (Å²) in [5.41, 5.74) is -0.193. The highest BCUT2D eigenvalue weighted by atomic mass is 35.5. The lowest BCUT2D eigenvalue weighted by molar-refractivity contribution is 0.814. The monoisotopic (exact) mass is 209 g/mol. The van der Waals surface area contributed by atoms with E-state index in [1.807, 2.05) is 0 Å². The first-order valence-electron chi connectivity index (χ1n) is 2.94. The van der Waals surface area contributed by atoms with Crippen molar-refractivity contribution in [3.05, 3.63) is 16.0 Å². The van der Waals surface area contributed by atoms with E-state index in [9.17, 15) is 4.79 Å². The third-order valence-corrected chi connectivity index (χ3v) is 1.40. The molecule has 8 heteroatoms. The van der Waals surface area contributed by atoms with Crippen LogP contribution in [0.15, 0.2) is 4.79 Å². The first-order valence-corrected chi connectivity index (χ1v) is 3.69. The van der Waals surface area contributed by atoms with E-state index in [2.05, 4.69) is 24.9 Å². The van der Waals surface area contributed by atoms with Crippen molar-refractivity contribution >= 4 is 29.5 Å². The molecule has 1 aromatic rings. The molecule has 0 bridgehead atoms. The lowest BCUT2D eigenvalue weighted by Crippen LogP contribution is -2.20. The predicted molar refractivity (Wildman–Crippen MR) is 44.8 cm³/mol. The van der Waals surface area contributed by atoms with Crippen molar-refractivity contribution in [2.24, 2.45) is 0 Å². The fraction of sp³-hybridized carbons (Fsp3) is 0.250. The summed E-state index contributed by atoms with van der Waals surface area (Å²) in [6, 6.07) is 0. The number of rotatable bonds is 3. The minimum absolute atomic E-state index is 0.0972. The molecule has 3 N–H and O–H groups in total. The molecular weight excluding hydrogens is 205 g/mol. The summed E-state index contributed by atoms with van der Waals surface area (Å²) in [6.07, 6.45) is 0. The largest absolute Gasteiger partial charge is 0.289 e. The Balaban J connectivity index is 2.96. The van der Waals surface area contributed by atoms with E-state index in [4.69, 9.17) is 23.6 Å². The molecule has 1 rings (SSSR count). The summed E-state index contributed by atoms with van der Waals surface area (Å²) in [5.74, 6) is 0.0972. The van der Waals surface area contributed by atoms with Gasteiger partial charge < -0.3 is 0 Å². The van der Waals surface area contributed by atoms with Gasteiger partial charge in [-0.15, -0.1) is 10.2 Å². The summed E-state index contributed by atoms with van der Waals surface area (Å²) in [7, 11) is 0. The van der Waals surface area contributed by atoms with Crippen LogP contribution >= 0.6 is 23.6 Å². The maximum Gasteiger partial charge on any atom is 0.275 e. The zero-order valence-corrected chi connectivity index (χ0v) is 7.28. The van der Waals surface area contributed by atoms with Gasteiger partial charge in [-0.3, -0.25) is 14.6 Å². The molecule has 6 nitrogen and oxygen atoms in total. The number of H-pyrrole nitrogens is 1. The average molecular weight is 210 g/mol. The van der Waals surface area contributed by atoms with Crippen LogP contribution in [-0.2, 0) is 6.54 Å². The van der Waals surface area contributed by atoms with Gasteiger partial charge >= 0.3 is 0 Å². The molecule has 12 heavy (non-hydrogen) atoms. The van der Waals surface area contributed by atoms with Crippen LogP contribution in [0.25, 0.3) is 0 Å². The second kappa shape index (κ2) is 4.24. The Bertz CT molecular complexity index is 313. The highest BCUT2D eigenvalue weighted by Crippen LogP contribution is 1.92. The van der Waals surface area contributed by atoms with Gasteiger partial charge in [-0.25, -0.2) is 4.84 Å². The third-order valence-electron chi connectivity index (χ3n) is 1.09. The summed E-state index contributed by atoms with van der Waals surface area (Å²) in [4.78, 5) is 17.8. The Labute approximate surface area is 77.5 Å². The van der Waals surface area contributed by atoms with Crippen LogP contribution in [0.1, 0.15) is 5.69 Å². The van der Waals surface area contributed by atoms with Crippen LogP contribution < -0.4 is 15.2 Å². The molecule has 0 aromatic carbocycles. The maximum absolute atomic E-state index is 11.0. The Hall–Kier alpha value is -0.850. The number of nitrogens with zero attached hydrogens (tertiary/aromatic N) is 2. The van der Waals surface area contributed by atoms with Crippen molar-refractivity contribution in [3.63, 3.8) is 0 Å². The summed E-state index contributed by atoms with van der Waals surface area (Å²) in [5, 5.41) is 7.08. The van der Waals surface area contributed by atoms with E-state index < -0.39 is 0 Å². The molecule has 0 aliphatic rings. The summed E-state index contributed by atoms with van der Waals surface area (Å²) in [6.45, 7) is 0.145. The smallest absolute Gasteiger partial charge is 0.275 e. The van der Waals surface area contributed by atoms with Crippen LogP contribution in [0, 0.1) is 0 Å². The number of halogens is 2. The van der Waals surface area contributed by atoms with E-state index in [1.54, 1.807) is 0 Å². The molecule has 0 saturated heterocycles. The second-order valence-corrected chi connectivity index (χ2v) is 2.31. The minimum atomic E-state index is -0.388. The molecule has 0 radical (unpaired) electrons. The third kappa shape index (κ3) is 2.07. The zero-order valence-electron chi connectivity index (χ0n) is 5.77. The standard InChI is InChI=1S/C4H5Cl2N5O/c5-7-1-2-3(12)8-4(9-6)11-10-2/h7H,1H2,(H2,8,9,11,12). The Morgan fingerprint density at radius 1 is 1.42 bits per heavy atom. The highest BCUT2D eigenvalue weighted by molar-refractivity contribution is 6.23. The number of aromatic nitrogens is 3. The molecule has 0 atom stereocenters. The number of anilines is 1. The fourth-order valence-corrected chi connectivity index (χ4v) is 0.794. The quantitative estimate of drug-likeness (QED) is 0.610. The Kier molecular flexibility index (Phi) is 3.27. The van der Waals surface area contributed by atoms with Crippen molar-refractivity contribution in [3.8, 4) is 0 Å². The highest BCUT2D eigenvalue weighted by Gasteiger charge is 2.02. The van der Waals surface area contributed by atoms with Gasteiger partial charge in [0, 0.05) is 11.8 Å². The molecule has 0 fully saturated rings. The van der Waals surface area contributed by atoms with Crippen LogP contribution in [0.2, 0.25) is 0 Å². The number of hydrogen-bond donors (Lipinski definition) is 3. The maximum atomic E-state index is 11.0. The Morgan fingerprint density at radius 3 is 2.67 bits per heavy atom. The van der Waals surface area contributed by atoms with E-state index in [1.165, 1.54) is 0 Å². The molecule has 0 spiro atoms. The van der Waals surface area contributed by atoms with Crippen LogP contribution in [-0.4, -0.2) is 15.2 Å². The van der Waals surface area contributed by atoms with Gasteiger partial charge in [-0.2, -0.15) is 0 Å². The lowest BCUT2D eigenvalue weighted by Gasteiger charge is -1.97. The van der Waals surface area contributed by atoms with E-state index in [0.717, 1.165) is 0 Å². The first-order chi connectivity index (χ1) is 5.77. The molecule has 0 aliphatic carbocycles. The van der Waals surface area contributed by atoms with Crippen molar-refractivity contribution in [2.45, 2.75) is 6.54 Å². The molecule has 0 aliphatic heterocycles. The van der Waals surface area contributed by atoms with Crippen molar-refractivity contribution in [1.82, 2.24) is 20.0 Å². The van der Waals surface area contributed by atoms with Crippen LogP contribution in [0.4, 0.5) is 5.95 Å². The van der Waals surface area contributed by atoms with Gasteiger partial charge in [0.2, 0.25) is 5.95 Å². The molecule has 0 amide bonds. The topological polar surface area (TPSA) is 82.7 Å². The molecule has 1 heterocycles. The lowest BCUT2D eigenvalue weighted by atomic mass is 10.5. The first kappa shape index (κ1) is 9.24. The van der Waals surface area contributed by atoms with E-state index in [0.29, 0.717) is 0 Å². The van der Waals surface area contributed by atoms with Gasteiger partial charge in [0.15, 0.2) is 0 Å². The molecule has 66 valence electrons. The zero-order chi connectivity index (χ0) is 8.97. The SMILES string of the molecule is O=c1[nH]c(NCl)nnc1CNCl. The van der Waals surface area contributed by atoms with Gasteiger partial charge in [0.05, 0.1) is 6.54 Å². The average Bonchev–Trinajstić information content (AvgIpc) is 2.09. The molecular formula is C4H5Cl2N5O. The van der Waals surface area contributed by atoms with Crippen molar-refractivity contribution in [1.29, 1.82) is 0 Å². The predicted octanol–water partition coefficient (Wildman–Crippen LogP) is -0.0260. The molecule has 1 aromatic heterocycles. The van der Waals surface area contributed by atoms with E-state index in [-0.39, 0.29) is 23.7 Å². The minimum Gasteiger partial charge on any atom is -0.289 e. The second-order valence-electron chi connectivity index (χ2n) is 1.85. The summed E-state index contributed by atoms with van der Waals surface area (Å²) < 4.78 is 0. The van der Waals surface area contributed by atoms with Crippen LogP contribution in [0.3, 0.4) is 0 Å². The van der Waals surface area contributed by atoms with E-state index >= 15 is 0 Å². The van der Waals surface area contributed by atoms with Gasteiger partial charge in [0.25, 0.3) is 5.56 Å². The molecule has 0 saturated carbocycles. The van der Waals surface area contributed by atoms with Crippen molar-refractivity contribution < 1.29 is 0 Å². The van der Waals surface area contributed by atoms with Crippen molar-refractivity contribution in [2.75, 3.05) is 4.84 Å². The van der Waals surface area contributed by atoms with Crippen LogP contribution in [0.5, 0.6) is 0 Å². The van der Waals surface area contributed by atoms with Gasteiger partial charge in [-0.05, 0) is 11.8 Å². The number of hydrogen-bond acceptors (Lipinski definition) is 5. The van der Waals surface area contributed by atoms with Gasteiger partial charge in [-0.1, -0.05) is 0 Å². The Morgan fingerprint density at radius 2 is 2.17 bits per heavy atom. The normalized spacial score (nSPS) is 9.83. The number of nitrogens with one attached hydrogen (secondary N) is 3. The summed E-state index contributed by atoms with van der Waals surface area (Å²) >= 11 is 10.3.